The second-order valence-electron chi connectivity index (χ2n) is 5.84. The van der Waals surface area contributed by atoms with Crippen LogP contribution in [-0.4, -0.2) is 37.7 Å². The summed E-state index contributed by atoms with van der Waals surface area (Å²) in [5.41, 5.74) is 2.36. The van der Waals surface area contributed by atoms with Gasteiger partial charge < -0.3 is 5.11 Å². The standard InChI is InChI=1S/C15H25NO3S2/c1-10-7-11(2)13(4)14(12(10)3)21(18,19)16-8-15(5,17)9-20-6/h7,16-17H,8-9H2,1-6H3. The number of nitrogens with one attached hydrogen (secondary N) is 1. The maximum absolute atomic E-state index is 12.6. The lowest BCUT2D eigenvalue weighted by Gasteiger charge is -2.23. The van der Waals surface area contributed by atoms with Crippen LogP contribution in [0.15, 0.2) is 11.0 Å². The average Bonchev–Trinajstić information content (AvgIpc) is 2.34. The van der Waals surface area contributed by atoms with Gasteiger partial charge in [-0.05, 0) is 63.1 Å². The number of aliphatic hydroxyl groups is 1. The van der Waals surface area contributed by atoms with E-state index in [1.54, 1.807) is 6.92 Å². The Hall–Kier alpha value is -0.560. The van der Waals surface area contributed by atoms with Crippen LogP contribution in [0.25, 0.3) is 0 Å². The van der Waals surface area contributed by atoms with E-state index in [2.05, 4.69) is 4.72 Å². The number of aryl methyl sites for hydroxylation is 2. The molecule has 0 aliphatic heterocycles. The smallest absolute Gasteiger partial charge is 0.241 e. The van der Waals surface area contributed by atoms with Crippen LogP contribution in [0.1, 0.15) is 29.2 Å². The lowest BCUT2D eigenvalue weighted by atomic mass is 10.0. The van der Waals surface area contributed by atoms with Gasteiger partial charge in [0.05, 0.1) is 10.5 Å². The molecule has 0 spiro atoms. The van der Waals surface area contributed by atoms with Crippen LogP contribution >= 0.6 is 11.8 Å². The molecular formula is C15H25NO3S2. The monoisotopic (exact) mass is 331 g/mol. The molecule has 0 fully saturated rings. The van der Waals surface area contributed by atoms with Gasteiger partial charge in [-0.15, -0.1) is 0 Å². The van der Waals surface area contributed by atoms with Crippen molar-refractivity contribution in [2.24, 2.45) is 0 Å². The van der Waals surface area contributed by atoms with Crippen molar-refractivity contribution in [2.45, 2.75) is 45.1 Å². The van der Waals surface area contributed by atoms with Crippen LogP contribution in [-0.2, 0) is 10.0 Å². The second-order valence-corrected chi connectivity index (χ2v) is 8.41. The Bertz CT molecular complexity index is 596. The van der Waals surface area contributed by atoms with Crippen LogP contribution in [0, 0.1) is 27.7 Å². The van der Waals surface area contributed by atoms with Gasteiger partial charge in [-0.2, -0.15) is 11.8 Å². The number of sulfonamides is 1. The van der Waals surface area contributed by atoms with Crippen molar-refractivity contribution in [3.63, 3.8) is 0 Å². The first kappa shape index (κ1) is 18.5. The maximum Gasteiger partial charge on any atom is 0.241 e. The molecule has 0 radical (unpaired) electrons. The fraction of sp³-hybridized carbons (Fsp3) is 0.600. The molecule has 0 saturated heterocycles. The molecule has 0 aliphatic rings. The van der Waals surface area contributed by atoms with E-state index in [1.807, 2.05) is 40.0 Å². The first-order chi connectivity index (χ1) is 9.52. The molecule has 0 bridgehead atoms. The van der Waals surface area contributed by atoms with E-state index in [4.69, 9.17) is 0 Å². The van der Waals surface area contributed by atoms with Crippen molar-refractivity contribution in [1.82, 2.24) is 4.72 Å². The van der Waals surface area contributed by atoms with E-state index < -0.39 is 15.6 Å². The predicted octanol–water partition coefficient (Wildman–Crippen LogP) is 2.31. The number of thioether (sulfide) groups is 1. The van der Waals surface area contributed by atoms with E-state index in [-0.39, 0.29) is 6.54 Å². The van der Waals surface area contributed by atoms with Gasteiger partial charge in [0.1, 0.15) is 0 Å². The van der Waals surface area contributed by atoms with Gasteiger partial charge in [0.15, 0.2) is 0 Å². The third kappa shape index (κ3) is 4.45. The highest BCUT2D eigenvalue weighted by Crippen LogP contribution is 2.26. The predicted molar refractivity (Wildman–Crippen MR) is 89.6 cm³/mol. The average molecular weight is 332 g/mol. The van der Waals surface area contributed by atoms with Gasteiger partial charge in [0.25, 0.3) is 0 Å². The van der Waals surface area contributed by atoms with Crippen LogP contribution in [0.2, 0.25) is 0 Å². The molecule has 6 heteroatoms. The van der Waals surface area contributed by atoms with Crippen molar-refractivity contribution >= 4 is 21.8 Å². The Morgan fingerprint density at radius 3 is 2.10 bits per heavy atom. The third-order valence-electron chi connectivity index (χ3n) is 3.66. The molecule has 4 nitrogen and oxygen atoms in total. The Morgan fingerprint density at radius 1 is 1.19 bits per heavy atom. The summed E-state index contributed by atoms with van der Waals surface area (Å²) in [7, 11) is -3.64. The summed E-state index contributed by atoms with van der Waals surface area (Å²) in [6, 6.07) is 1.99. The normalized spacial score (nSPS) is 15.0. The highest BCUT2D eigenvalue weighted by molar-refractivity contribution is 7.98. The lowest BCUT2D eigenvalue weighted by molar-refractivity contribution is 0.0908. The quantitative estimate of drug-likeness (QED) is 0.839. The molecule has 0 aliphatic carbocycles. The van der Waals surface area contributed by atoms with E-state index in [1.165, 1.54) is 11.8 Å². The fourth-order valence-electron chi connectivity index (χ4n) is 2.27. The molecule has 1 rings (SSSR count). The minimum absolute atomic E-state index is 0.00203. The van der Waals surface area contributed by atoms with Gasteiger partial charge in [-0.25, -0.2) is 13.1 Å². The van der Waals surface area contributed by atoms with Gasteiger partial charge >= 0.3 is 0 Å². The first-order valence-electron chi connectivity index (χ1n) is 6.80. The molecule has 1 aromatic rings. The van der Waals surface area contributed by atoms with Crippen molar-refractivity contribution in [3.05, 3.63) is 28.3 Å². The Morgan fingerprint density at radius 2 is 1.67 bits per heavy atom. The molecule has 0 saturated carbocycles. The number of benzene rings is 1. The second kappa shape index (κ2) is 6.69. The molecule has 2 N–H and O–H groups in total. The van der Waals surface area contributed by atoms with Crippen molar-refractivity contribution in [2.75, 3.05) is 18.6 Å². The zero-order valence-electron chi connectivity index (χ0n) is 13.6. The van der Waals surface area contributed by atoms with Gasteiger partial charge in [-0.3, -0.25) is 0 Å². The third-order valence-corrected chi connectivity index (χ3v) is 6.25. The van der Waals surface area contributed by atoms with E-state index in [9.17, 15) is 13.5 Å². The SMILES string of the molecule is CSCC(C)(O)CNS(=O)(=O)c1c(C)c(C)cc(C)c1C. The summed E-state index contributed by atoms with van der Waals surface area (Å²) in [5.74, 6) is 0.473. The topological polar surface area (TPSA) is 66.4 Å². The first-order valence-corrected chi connectivity index (χ1v) is 9.68. The van der Waals surface area contributed by atoms with Crippen LogP contribution in [0.3, 0.4) is 0 Å². The van der Waals surface area contributed by atoms with Crippen LogP contribution in [0.4, 0.5) is 0 Å². The molecular weight excluding hydrogens is 306 g/mol. The van der Waals surface area contributed by atoms with Crippen molar-refractivity contribution in [3.8, 4) is 0 Å². The summed E-state index contributed by atoms with van der Waals surface area (Å²) in [5, 5.41) is 10.1. The highest BCUT2D eigenvalue weighted by atomic mass is 32.2. The Balaban J connectivity index is 3.16. The highest BCUT2D eigenvalue weighted by Gasteiger charge is 2.26. The van der Waals surface area contributed by atoms with Crippen molar-refractivity contribution < 1.29 is 13.5 Å². The van der Waals surface area contributed by atoms with E-state index in [0.717, 1.165) is 22.3 Å². The molecule has 1 unspecified atom stereocenters. The minimum atomic E-state index is -3.64. The van der Waals surface area contributed by atoms with Crippen molar-refractivity contribution in [1.29, 1.82) is 0 Å². The maximum atomic E-state index is 12.6. The molecule has 0 heterocycles. The summed E-state index contributed by atoms with van der Waals surface area (Å²) in [4.78, 5) is 0.333. The zero-order valence-corrected chi connectivity index (χ0v) is 15.2. The fourth-order valence-corrected chi connectivity index (χ4v) is 4.77. The van der Waals surface area contributed by atoms with Crippen LogP contribution in [0.5, 0.6) is 0 Å². The van der Waals surface area contributed by atoms with Gasteiger partial charge in [0, 0.05) is 12.3 Å². The van der Waals surface area contributed by atoms with E-state index >= 15 is 0 Å². The summed E-state index contributed by atoms with van der Waals surface area (Å²) in [6.45, 7) is 9.08. The van der Waals surface area contributed by atoms with Gasteiger partial charge in [0.2, 0.25) is 10.0 Å². The molecule has 0 amide bonds. The summed E-state index contributed by atoms with van der Waals surface area (Å²) >= 11 is 1.48. The molecule has 0 aromatic heterocycles. The minimum Gasteiger partial charge on any atom is -0.388 e. The largest absolute Gasteiger partial charge is 0.388 e. The lowest BCUT2D eigenvalue weighted by Crippen LogP contribution is -2.42. The molecule has 1 atom stereocenters. The van der Waals surface area contributed by atoms with E-state index in [0.29, 0.717) is 10.6 Å². The van der Waals surface area contributed by atoms with Gasteiger partial charge in [-0.1, -0.05) is 6.07 Å². The zero-order chi connectivity index (χ0) is 16.4. The summed E-state index contributed by atoms with van der Waals surface area (Å²) < 4.78 is 27.7. The summed E-state index contributed by atoms with van der Waals surface area (Å²) in [6.07, 6.45) is 1.88. The Labute approximate surface area is 132 Å². The molecule has 21 heavy (non-hydrogen) atoms. The number of hydrogen-bond donors (Lipinski definition) is 2. The molecule has 1 aromatic carbocycles. The van der Waals surface area contributed by atoms with Crippen LogP contribution < -0.4 is 4.72 Å². The number of rotatable bonds is 6. The Kier molecular flexibility index (Phi) is 5.89. The molecule has 120 valence electrons. The number of hydrogen-bond acceptors (Lipinski definition) is 4.